The van der Waals surface area contributed by atoms with Crippen molar-refractivity contribution < 1.29 is 15.0 Å². The van der Waals surface area contributed by atoms with Gasteiger partial charge in [-0.3, -0.25) is 0 Å². The second-order valence-corrected chi connectivity index (χ2v) is 5.67. The zero-order chi connectivity index (χ0) is 15.9. The highest BCUT2D eigenvalue weighted by Crippen LogP contribution is 2.19. The van der Waals surface area contributed by atoms with Crippen molar-refractivity contribution >= 4 is 27.7 Å². The van der Waals surface area contributed by atoms with Gasteiger partial charge < -0.3 is 15.5 Å². The van der Waals surface area contributed by atoms with E-state index in [-0.39, 0.29) is 18.2 Å². The molecule has 0 aliphatic rings. The molecule has 116 valence electrons. The number of aromatic nitrogens is 2. The molecule has 0 saturated carbocycles. The van der Waals surface area contributed by atoms with Gasteiger partial charge >= 0.3 is 5.97 Å². The monoisotopic (exact) mass is 365 g/mol. The van der Waals surface area contributed by atoms with Gasteiger partial charge in [-0.15, -0.1) is 0 Å². The second kappa shape index (κ2) is 7.86. The summed E-state index contributed by atoms with van der Waals surface area (Å²) in [5.41, 5.74) is 1.02. The van der Waals surface area contributed by atoms with Crippen LogP contribution in [0.1, 0.15) is 16.1 Å². The highest BCUT2D eigenvalue weighted by molar-refractivity contribution is 9.10. The number of carboxylic acid groups (broad SMARTS) is 1. The lowest BCUT2D eigenvalue weighted by Crippen LogP contribution is -2.21. The maximum atomic E-state index is 10.7. The first kappa shape index (κ1) is 16.4. The van der Waals surface area contributed by atoms with Crippen molar-refractivity contribution in [2.75, 3.05) is 18.5 Å². The molecule has 1 atom stereocenters. The maximum Gasteiger partial charge on any atom is 0.356 e. The number of aromatic carboxylic acids is 1. The summed E-state index contributed by atoms with van der Waals surface area (Å²) in [6, 6.07) is 7.87. The Morgan fingerprint density at radius 2 is 2.05 bits per heavy atom. The Morgan fingerprint density at radius 1 is 1.27 bits per heavy atom. The van der Waals surface area contributed by atoms with E-state index in [0.29, 0.717) is 18.8 Å². The van der Waals surface area contributed by atoms with Gasteiger partial charge in [0.2, 0.25) is 0 Å². The molecule has 1 aromatic carbocycles. The number of aliphatic hydroxyl groups is 1. The van der Waals surface area contributed by atoms with Gasteiger partial charge in [0, 0.05) is 23.5 Å². The lowest BCUT2D eigenvalue weighted by Gasteiger charge is -2.16. The normalized spacial score (nSPS) is 11.9. The number of benzene rings is 1. The molecular formula is C15H16BrN3O3. The first-order chi connectivity index (χ1) is 10.6. The Morgan fingerprint density at radius 3 is 2.64 bits per heavy atom. The van der Waals surface area contributed by atoms with Crippen LogP contribution in [0.5, 0.6) is 0 Å². The smallest absolute Gasteiger partial charge is 0.356 e. The molecule has 0 fully saturated rings. The SMILES string of the molecule is O=C(O)c1cnc(NCC(CO)Cc2ccccc2Br)cn1. The average Bonchev–Trinajstić information content (AvgIpc) is 2.53. The quantitative estimate of drug-likeness (QED) is 0.696. The fourth-order valence-electron chi connectivity index (χ4n) is 1.95. The van der Waals surface area contributed by atoms with Crippen LogP contribution in [0.3, 0.4) is 0 Å². The molecule has 3 N–H and O–H groups in total. The summed E-state index contributed by atoms with van der Waals surface area (Å²) >= 11 is 3.49. The molecule has 1 heterocycles. The Balaban J connectivity index is 1.93. The highest BCUT2D eigenvalue weighted by atomic mass is 79.9. The minimum absolute atomic E-state index is 0.0136. The van der Waals surface area contributed by atoms with E-state index in [0.717, 1.165) is 10.0 Å². The number of aliphatic hydroxyl groups excluding tert-OH is 1. The number of nitrogens with one attached hydrogen (secondary N) is 1. The van der Waals surface area contributed by atoms with Crippen LogP contribution in [0, 0.1) is 5.92 Å². The molecule has 2 aromatic rings. The maximum absolute atomic E-state index is 10.7. The Hall–Kier alpha value is -1.99. The van der Waals surface area contributed by atoms with Gasteiger partial charge in [-0.25, -0.2) is 14.8 Å². The summed E-state index contributed by atoms with van der Waals surface area (Å²) in [6.45, 7) is 0.550. The number of hydrogen-bond acceptors (Lipinski definition) is 5. The number of nitrogens with zero attached hydrogens (tertiary/aromatic N) is 2. The zero-order valence-electron chi connectivity index (χ0n) is 11.7. The Labute approximate surface area is 136 Å². The zero-order valence-corrected chi connectivity index (χ0v) is 13.3. The van der Waals surface area contributed by atoms with Crippen LogP contribution in [-0.2, 0) is 6.42 Å². The lowest BCUT2D eigenvalue weighted by molar-refractivity contribution is 0.0690. The molecule has 0 saturated heterocycles. The van der Waals surface area contributed by atoms with Crippen molar-refractivity contribution in [3.63, 3.8) is 0 Å². The summed E-state index contributed by atoms with van der Waals surface area (Å²) in [7, 11) is 0. The molecule has 1 aromatic heterocycles. The van der Waals surface area contributed by atoms with Gasteiger partial charge in [-0.1, -0.05) is 34.1 Å². The van der Waals surface area contributed by atoms with Gasteiger partial charge in [0.25, 0.3) is 0 Å². The molecule has 6 nitrogen and oxygen atoms in total. The van der Waals surface area contributed by atoms with E-state index in [2.05, 4.69) is 31.2 Å². The molecule has 1 unspecified atom stereocenters. The topological polar surface area (TPSA) is 95.3 Å². The number of halogens is 1. The van der Waals surface area contributed by atoms with Crippen molar-refractivity contribution in [2.45, 2.75) is 6.42 Å². The Bertz CT molecular complexity index is 634. The first-order valence-electron chi connectivity index (χ1n) is 6.73. The predicted molar refractivity (Wildman–Crippen MR) is 85.9 cm³/mol. The van der Waals surface area contributed by atoms with Gasteiger partial charge in [0.15, 0.2) is 5.69 Å². The number of carboxylic acids is 1. The van der Waals surface area contributed by atoms with E-state index < -0.39 is 5.97 Å². The minimum Gasteiger partial charge on any atom is -0.476 e. The fraction of sp³-hybridized carbons (Fsp3) is 0.267. The van der Waals surface area contributed by atoms with E-state index in [1.165, 1.54) is 12.4 Å². The molecule has 0 aliphatic carbocycles. The third kappa shape index (κ3) is 4.51. The van der Waals surface area contributed by atoms with Crippen molar-refractivity contribution in [1.82, 2.24) is 9.97 Å². The molecule has 0 aliphatic heterocycles. The van der Waals surface area contributed by atoms with E-state index >= 15 is 0 Å². The van der Waals surface area contributed by atoms with Crippen molar-refractivity contribution in [3.05, 3.63) is 52.4 Å². The number of anilines is 1. The number of hydrogen-bond donors (Lipinski definition) is 3. The summed E-state index contributed by atoms with van der Waals surface area (Å²) in [5, 5.41) is 21.3. The van der Waals surface area contributed by atoms with Crippen LogP contribution in [0.15, 0.2) is 41.1 Å². The Kier molecular flexibility index (Phi) is 5.85. The molecular weight excluding hydrogens is 350 g/mol. The van der Waals surface area contributed by atoms with Crippen LogP contribution in [-0.4, -0.2) is 39.3 Å². The lowest BCUT2D eigenvalue weighted by atomic mass is 10.00. The molecule has 22 heavy (non-hydrogen) atoms. The summed E-state index contributed by atoms with van der Waals surface area (Å²) in [5.74, 6) is -0.614. The molecule has 0 bridgehead atoms. The van der Waals surface area contributed by atoms with Crippen LogP contribution in [0.4, 0.5) is 5.82 Å². The third-order valence-corrected chi connectivity index (χ3v) is 3.94. The van der Waals surface area contributed by atoms with E-state index in [9.17, 15) is 9.90 Å². The fourth-order valence-corrected chi connectivity index (χ4v) is 2.40. The highest BCUT2D eigenvalue weighted by Gasteiger charge is 2.11. The van der Waals surface area contributed by atoms with Crippen LogP contribution < -0.4 is 5.32 Å². The van der Waals surface area contributed by atoms with Crippen molar-refractivity contribution in [2.24, 2.45) is 5.92 Å². The summed E-state index contributed by atoms with van der Waals surface area (Å²) in [6.07, 6.45) is 3.29. The minimum atomic E-state index is -1.11. The van der Waals surface area contributed by atoms with Crippen LogP contribution in [0.25, 0.3) is 0 Å². The van der Waals surface area contributed by atoms with Gasteiger partial charge in [0.1, 0.15) is 5.82 Å². The third-order valence-electron chi connectivity index (χ3n) is 3.17. The number of rotatable bonds is 7. The second-order valence-electron chi connectivity index (χ2n) is 4.82. The van der Waals surface area contributed by atoms with Crippen molar-refractivity contribution in [3.8, 4) is 0 Å². The first-order valence-corrected chi connectivity index (χ1v) is 7.53. The van der Waals surface area contributed by atoms with E-state index in [4.69, 9.17) is 5.11 Å². The molecule has 0 radical (unpaired) electrons. The van der Waals surface area contributed by atoms with Crippen LogP contribution >= 0.6 is 15.9 Å². The van der Waals surface area contributed by atoms with E-state index in [1.54, 1.807) is 0 Å². The molecule has 0 spiro atoms. The molecule has 0 amide bonds. The average molecular weight is 366 g/mol. The predicted octanol–water partition coefficient (Wildman–Crippen LogP) is 2.20. The summed E-state index contributed by atoms with van der Waals surface area (Å²) < 4.78 is 1.01. The van der Waals surface area contributed by atoms with E-state index in [1.807, 2.05) is 24.3 Å². The summed E-state index contributed by atoms with van der Waals surface area (Å²) in [4.78, 5) is 18.5. The van der Waals surface area contributed by atoms with Crippen LogP contribution in [0.2, 0.25) is 0 Å². The van der Waals surface area contributed by atoms with Gasteiger partial charge in [-0.05, 0) is 18.1 Å². The van der Waals surface area contributed by atoms with Gasteiger partial charge in [0.05, 0.1) is 12.4 Å². The molecule has 7 heteroatoms. The standard InChI is InChI=1S/C15H16BrN3O3/c16-12-4-2-1-3-11(12)5-10(9-20)6-18-14-8-17-13(7-19-14)15(21)22/h1-4,7-8,10,20H,5-6,9H2,(H,18,19)(H,21,22). The van der Waals surface area contributed by atoms with Gasteiger partial charge in [-0.2, -0.15) is 0 Å². The largest absolute Gasteiger partial charge is 0.476 e. The number of carbonyl (C=O) groups is 1. The van der Waals surface area contributed by atoms with Crippen molar-refractivity contribution in [1.29, 1.82) is 0 Å². The molecule has 2 rings (SSSR count).